The largest absolute Gasteiger partial charge is 0.472 e. The van der Waals surface area contributed by atoms with Crippen LogP contribution in [0.4, 0.5) is 0 Å². The molecule has 2 atom stereocenters. The van der Waals surface area contributed by atoms with Gasteiger partial charge in [-0.25, -0.2) is 0 Å². The van der Waals surface area contributed by atoms with E-state index in [1.165, 1.54) is 5.56 Å². The molecular formula is C17H23N3O3. The second kappa shape index (κ2) is 6.47. The quantitative estimate of drug-likeness (QED) is 0.858. The number of furan rings is 1. The first-order valence-electron chi connectivity index (χ1n) is 8.26. The summed E-state index contributed by atoms with van der Waals surface area (Å²) < 4.78 is 16.4. The van der Waals surface area contributed by atoms with Gasteiger partial charge < -0.3 is 13.7 Å². The van der Waals surface area contributed by atoms with Crippen molar-refractivity contribution in [1.82, 2.24) is 15.0 Å². The molecule has 0 radical (unpaired) electrons. The zero-order valence-electron chi connectivity index (χ0n) is 13.5. The van der Waals surface area contributed by atoms with Crippen LogP contribution >= 0.6 is 0 Å². The number of likely N-dealkylation sites (tertiary alicyclic amines) is 1. The lowest BCUT2D eigenvalue weighted by Gasteiger charge is -2.22. The number of aryl methyl sites for hydroxylation is 1. The third kappa shape index (κ3) is 3.49. The minimum absolute atomic E-state index is 0.331. The molecule has 0 aromatic carbocycles. The van der Waals surface area contributed by atoms with Crippen molar-refractivity contribution in [1.29, 1.82) is 0 Å². The first-order chi connectivity index (χ1) is 11.3. The lowest BCUT2D eigenvalue weighted by molar-refractivity contribution is 0.0509. The first-order valence-corrected chi connectivity index (χ1v) is 8.26. The number of hydrogen-bond acceptors (Lipinski definition) is 6. The number of fused-ring (bicyclic) bond motifs is 1. The van der Waals surface area contributed by atoms with E-state index >= 15 is 0 Å². The molecule has 2 aromatic heterocycles. The summed E-state index contributed by atoms with van der Waals surface area (Å²) in [6.45, 7) is 8.61. The molecule has 4 rings (SSSR count). The Kier molecular flexibility index (Phi) is 4.20. The molecule has 0 spiro atoms. The van der Waals surface area contributed by atoms with Crippen LogP contribution in [0.25, 0.3) is 0 Å². The zero-order valence-corrected chi connectivity index (χ0v) is 13.5. The minimum atomic E-state index is 0.331. The highest BCUT2D eigenvalue weighted by Gasteiger charge is 2.36. The molecule has 0 bridgehead atoms. The lowest BCUT2D eigenvalue weighted by Crippen LogP contribution is -2.32. The normalized spacial score (nSPS) is 26.3. The van der Waals surface area contributed by atoms with Gasteiger partial charge in [0.05, 0.1) is 30.9 Å². The zero-order chi connectivity index (χ0) is 15.6. The van der Waals surface area contributed by atoms with E-state index in [0.29, 0.717) is 12.0 Å². The summed E-state index contributed by atoms with van der Waals surface area (Å²) in [5, 5.41) is 4.10. The summed E-state index contributed by atoms with van der Waals surface area (Å²) in [6.07, 6.45) is 3.90. The molecular weight excluding hydrogens is 294 g/mol. The Hall–Kier alpha value is -1.63. The predicted octanol–water partition coefficient (Wildman–Crippen LogP) is 1.91. The Morgan fingerprint density at radius 3 is 2.91 bits per heavy atom. The summed E-state index contributed by atoms with van der Waals surface area (Å²) in [5.74, 6) is 1.42. The van der Waals surface area contributed by atoms with Crippen LogP contribution in [0.15, 0.2) is 33.6 Å². The summed E-state index contributed by atoms with van der Waals surface area (Å²) in [5.41, 5.74) is 2.24. The van der Waals surface area contributed by atoms with E-state index in [-0.39, 0.29) is 0 Å². The van der Waals surface area contributed by atoms with Gasteiger partial charge in [0.15, 0.2) is 0 Å². The van der Waals surface area contributed by atoms with Gasteiger partial charge in [0, 0.05) is 56.8 Å². The second-order valence-corrected chi connectivity index (χ2v) is 6.66. The highest BCUT2D eigenvalue weighted by molar-refractivity contribution is 5.06. The van der Waals surface area contributed by atoms with Crippen LogP contribution < -0.4 is 0 Å². The lowest BCUT2D eigenvalue weighted by atomic mass is 10.1. The molecule has 2 aliphatic rings. The monoisotopic (exact) mass is 317 g/mol. The number of aromatic nitrogens is 1. The molecule has 2 fully saturated rings. The van der Waals surface area contributed by atoms with Crippen LogP contribution in [0.3, 0.4) is 0 Å². The molecule has 0 saturated carbocycles. The van der Waals surface area contributed by atoms with E-state index < -0.39 is 0 Å². The van der Waals surface area contributed by atoms with Gasteiger partial charge in [0.2, 0.25) is 0 Å². The van der Waals surface area contributed by atoms with Gasteiger partial charge in [0.1, 0.15) is 5.76 Å². The maximum atomic E-state index is 6.10. The van der Waals surface area contributed by atoms with Crippen molar-refractivity contribution in [3.05, 3.63) is 41.7 Å². The molecule has 23 heavy (non-hydrogen) atoms. The van der Waals surface area contributed by atoms with E-state index in [4.69, 9.17) is 13.7 Å². The molecule has 0 aliphatic carbocycles. The summed E-state index contributed by atoms with van der Waals surface area (Å²) in [6, 6.07) is 4.05. The third-order valence-corrected chi connectivity index (χ3v) is 4.74. The Bertz CT molecular complexity index is 625. The van der Waals surface area contributed by atoms with Crippen LogP contribution in [-0.2, 0) is 17.8 Å². The van der Waals surface area contributed by atoms with E-state index in [2.05, 4.69) is 15.0 Å². The maximum Gasteiger partial charge on any atom is 0.133 e. The topological polar surface area (TPSA) is 54.9 Å². The Morgan fingerprint density at radius 1 is 1.22 bits per heavy atom. The molecule has 2 saturated heterocycles. The molecule has 0 unspecified atom stereocenters. The van der Waals surface area contributed by atoms with Gasteiger partial charge in [-0.15, -0.1) is 0 Å². The first kappa shape index (κ1) is 14.9. The highest BCUT2D eigenvalue weighted by atomic mass is 16.5. The second-order valence-electron chi connectivity index (χ2n) is 6.66. The maximum absolute atomic E-state index is 6.10. The molecule has 0 N–H and O–H groups in total. The van der Waals surface area contributed by atoms with Crippen molar-refractivity contribution >= 4 is 0 Å². The van der Waals surface area contributed by atoms with E-state index in [0.717, 1.165) is 57.3 Å². The number of ether oxygens (including phenoxy) is 1. The van der Waals surface area contributed by atoms with Crippen LogP contribution in [-0.4, -0.2) is 53.8 Å². The predicted molar refractivity (Wildman–Crippen MR) is 83.7 cm³/mol. The Morgan fingerprint density at radius 2 is 2.13 bits per heavy atom. The van der Waals surface area contributed by atoms with Crippen molar-refractivity contribution < 1.29 is 13.7 Å². The van der Waals surface area contributed by atoms with Crippen LogP contribution in [0, 0.1) is 12.8 Å². The standard InChI is InChI=1S/C17H23N3O3/c1-13-6-16(18-23-13)10-20-9-15-8-19(3-5-22-17(15)11-20)7-14-2-4-21-12-14/h2,4,6,12,15,17H,3,5,7-11H2,1H3/t15-,17+/m0/s1. The highest BCUT2D eigenvalue weighted by Crippen LogP contribution is 2.25. The van der Waals surface area contributed by atoms with Crippen LogP contribution in [0.2, 0.25) is 0 Å². The van der Waals surface area contributed by atoms with Gasteiger partial charge in [-0.3, -0.25) is 9.80 Å². The van der Waals surface area contributed by atoms with Gasteiger partial charge in [-0.05, 0) is 13.0 Å². The van der Waals surface area contributed by atoms with Gasteiger partial charge >= 0.3 is 0 Å². The smallest absolute Gasteiger partial charge is 0.133 e. The van der Waals surface area contributed by atoms with Crippen molar-refractivity contribution in [3.8, 4) is 0 Å². The number of nitrogens with zero attached hydrogens (tertiary/aromatic N) is 3. The Labute approximate surface area is 136 Å². The van der Waals surface area contributed by atoms with E-state index in [1.54, 1.807) is 6.26 Å². The fourth-order valence-corrected chi connectivity index (χ4v) is 3.68. The van der Waals surface area contributed by atoms with Gasteiger partial charge in [0.25, 0.3) is 0 Å². The fraction of sp³-hybridized carbons (Fsp3) is 0.588. The molecule has 4 heterocycles. The number of rotatable bonds is 4. The van der Waals surface area contributed by atoms with Gasteiger partial charge in [-0.2, -0.15) is 0 Å². The van der Waals surface area contributed by atoms with Crippen molar-refractivity contribution in [2.75, 3.05) is 32.8 Å². The van der Waals surface area contributed by atoms with E-state index in [9.17, 15) is 0 Å². The summed E-state index contributed by atoms with van der Waals surface area (Å²) >= 11 is 0. The molecule has 0 amide bonds. The van der Waals surface area contributed by atoms with Crippen molar-refractivity contribution in [3.63, 3.8) is 0 Å². The van der Waals surface area contributed by atoms with Crippen LogP contribution in [0.1, 0.15) is 17.0 Å². The Balaban J connectivity index is 1.36. The molecule has 2 aromatic rings. The summed E-state index contributed by atoms with van der Waals surface area (Å²) in [4.78, 5) is 4.90. The fourth-order valence-electron chi connectivity index (χ4n) is 3.68. The molecule has 124 valence electrons. The SMILES string of the molecule is Cc1cc(CN2C[C@@H]3CN(Cc4ccoc4)CCO[C@@H]3C2)no1. The van der Waals surface area contributed by atoms with E-state index in [1.807, 2.05) is 25.3 Å². The summed E-state index contributed by atoms with van der Waals surface area (Å²) in [7, 11) is 0. The average Bonchev–Trinajstić information content (AvgIpc) is 3.22. The average molecular weight is 317 g/mol. The molecule has 6 nitrogen and oxygen atoms in total. The molecule has 2 aliphatic heterocycles. The molecule has 6 heteroatoms. The van der Waals surface area contributed by atoms with Crippen LogP contribution in [0.5, 0.6) is 0 Å². The van der Waals surface area contributed by atoms with Crippen molar-refractivity contribution in [2.24, 2.45) is 5.92 Å². The number of hydrogen-bond donors (Lipinski definition) is 0. The minimum Gasteiger partial charge on any atom is -0.472 e. The third-order valence-electron chi connectivity index (χ3n) is 4.74. The van der Waals surface area contributed by atoms with Gasteiger partial charge in [-0.1, -0.05) is 5.16 Å². The van der Waals surface area contributed by atoms with Crippen molar-refractivity contribution in [2.45, 2.75) is 26.1 Å².